The summed E-state index contributed by atoms with van der Waals surface area (Å²) < 4.78 is 25.8. The lowest BCUT2D eigenvalue weighted by Gasteiger charge is -2.38. The molecule has 0 bridgehead atoms. The normalized spacial score (nSPS) is 15.9. The van der Waals surface area contributed by atoms with Gasteiger partial charge in [0.15, 0.2) is 9.84 Å². The number of sulfone groups is 1. The standard InChI is InChI=1S/C30H47N5O7S/c1-8-16-35(19(2)26(38)32-22(17-20-14-15-20)23(36)25(31)37)27(39)24(29(3,4)5)33-28(40)34-30(6,7)18-43(41,42)21-12-10-9-11-13-21/h9-13,19-20,22,24H,8,14-18H2,1-7H3,(H2,31,37)(H,32,38)(H2,33,34,40)/t19-,22?,24+/m0/s1. The number of Topliss-reactive ketones (excluding diaryl/α,β-unsaturated/α-hetero) is 1. The summed E-state index contributed by atoms with van der Waals surface area (Å²) in [7, 11) is -3.72. The smallest absolute Gasteiger partial charge is 0.315 e. The molecule has 0 aromatic heterocycles. The molecule has 1 aromatic rings. The van der Waals surface area contributed by atoms with Crippen molar-refractivity contribution in [3.63, 3.8) is 0 Å². The van der Waals surface area contributed by atoms with Crippen LogP contribution in [0.4, 0.5) is 4.79 Å². The van der Waals surface area contributed by atoms with Crippen LogP contribution in [0.3, 0.4) is 0 Å². The van der Waals surface area contributed by atoms with E-state index < -0.39 is 68.5 Å². The van der Waals surface area contributed by atoms with E-state index in [9.17, 15) is 32.4 Å². The molecular weight excluding hydrogens is 574 g/mol. The molecule has 1 aliphatic rings. The Morgan fingerprint density at radius 2 is 1.58 bits per heavy atom. The van der Waals surface area contributed by atoms with Gasteiger partial charge in [0.1, 0.15) is 12.1 Å². The second kappa shape index (κ2) is 14.3. The monoisotopic (exact) mass is 621 g/mol. The van der Waals surface area contributed by atoms with Crippen molar-refractivity contribution in [2.24, 2.45) is 17.1 Å². The summed E-state index contributed by atoms with van der Waals surface area (Å²) in [5.74, 6) is -3.33. The number of rotatable bonds is 15. The third kappa shape index (κ3) is 10.6. The van der Waals surface area contributed by atoms with Crippen LogP contribution in [-0.4, -0.2) is 78.8 Å². The Morgan fingerprint density at radius 3 is 2.07 bits per heavy atom. The highest BCUT2D eigenvalue weighted by molar-refractivity contribution is 7.91. The van der Waals surface area contributed by atoms with Gasteiger partial charge in [-0.1, -0.05) is 58.7 Å². The van der Waals surface area contributed by atoms with Crippen molar-refractivity contribution in [2.45, 2.75) is 103 Å². The number of hydrogen-bond acceptors (Lipinski definition) is 7. The van der Waals surface area contributed by atoms with Crippen molar-refractivity contribution in [3.05, 3.63) is 30.3 Å². The predicted octanol–water partition coefficient (Wildman–Crippen LogP) is 1.92. The summed E-state index contributed by atoms with van der Waals surface area (Å²) in [5.41, 5.74) is 3.21. The lowest BCUT2D eigenvalue weighted by Crippen LogP contribution is -2.62. The summed E-state index contributed by atoms with van der Waals surface area (Å²) in [5, 5.41) is 7.98. The van der Waals surface area contributed by atoms with Crippen LogP contribution in [0, 0.1) is 11.3 Å². The van der Waals surface area contributed by atoms with Crippen LogP contribution in [0.25, 0.3) is 0 Å². The topological polar surface area (TPSA) is 185 Å². The zero-order valence-electron chi connectivity index (χ0n) is 26.2. The molecule has 5 N–H and O–H groups in total. The van der Waals surface area contributed by atoms with Gasteiger partial charge in [0.2, 0.25) is 17.6 Å². The van der Waals surface area contributed by atoms with E-state index in [2.05, 4.69) is 16.0 Å². The van der Waals surface area contributed by atoms with Crippen molar-refractivity contribution in [3.8, 4) is 0 Å². The van der Waals surface area contributed by atoms with E-state index in [1.165, 1.54) is 24.0 Å². The minimum Gasteiger partial charge on any atom is -0.363 e. The lowest BCUT2D eigenvalue weighted by atomic mass is 9.85. The highest BCUT2D eigenvalue weighted by Crippen LogP contribution is 2.33. The third-order valence-electron chi connectivity index (χ3n) is 7.23. The van der Waals surface area contributed by atoms with Crippen LogP contribution >= 0.6 is 0 Å². The summed E-state index contributed by atoms with van der Waals surface area (Å²) in [6, 6.07) is 3.97. The van der Waals surface area contributed by atoms with E-state index in [-0.39, 0.29) is 23.1 Å². The van der Waals surface area contributed by atoms with Crippen molar-refractivity contribution in [1.29, 1.82) is 0 Å². The van der Waals surface area contributed by atoms with Gasteiger partial charge in [0.25, 0.3) is 5.91 Å². The zero-order valence-corrected chi connectivity index (χ0v) is 27.0. The molecule has 1 aliphatic carbocycles. The van der Waals surface area contributed by atoms with Crippen LogP contribution < -0.4 is 21.7 Å². The van der Waals surface area contributed by atoms with E-state index in [1.807, 2.05) is 6.92 Å². The number of hydrogen-bond donors (Lipinski definition) is 4. The van der Waals surface area contributed by atoms with E-state index >= 15 is 0 Å². The molecule has 5 amide bonds. The number of urea groups is 1. The molecule has 13 heteroatoms. The first kappa shape index (κ1) is 35.7. The largest absolute Gasteiger partial charge is 0.363 e. The zero-order chi connectivity index (χ0) is 32.8. The number of amides is 5. The maximum Gasteiger partial charge on any atom is 0.315 e. The molecule has 0 spiro atoms. The summed E-state index contributed by atoms with van der Waals surface area (Å²) >= 11 is 0. The predicted molar refractivity (Wildman–Crippen MR) is 162 cm³/mol. The van der Waals surface area contributed by atoms with Crippen molar-refractivity contribution in [2.75, 3.05) is 12.3 Å². The lowest BCUT2D eigenvalue weighted by molar-refractivity contribution is -0.144. The average Bonchev–Trinajstić information content (AvgIpc) is 3.71. The SMILES string of the molecule is CCCN(C(=O)[C@@H](NC(=O)NC(C)(C)CS(=O)(=O)c1ccccc1)C(C)(C)C)[C@@H](C)C(=O)NC(CC1CC1)C(=O)C(N)=O. The Hall–Kier alpha value is -3.48. The van der Waals surface area contributed by atoms with E-state index in [0.717, 1.165) is 12.8 Å². The third-order valence-corrected chi connectivity index (χ3v) is 9.32. The van der Waals surface area contributed by atoms with Gasteiger partial charge in [-0.25, -0.2) is 13.2 Å². The van der Waals surface area contributed by atoms with Gasteiger partial charge < -0.3 is 26.6 Å². The molecule has 12 nitrogen and oxygen atoms in total. The first-order valence-corrected chi connectivity index (χ1v) is 16.2. The molecule has 43 heavy (non-hydrogen) atoms. The van der Waals surface area contributed by atoms with Gasteiger partial charge >= 0.3 is 6.03 Å². The Balaban J connectivity index is 2.20. The van der Waals surface area contributed by atoms with Crippen LogP contribution in [0.2, 0.25) is 0 Å². The molecule has 2 rings (SSSR count). The molecule has 1 saturated carbocycles. The van der Waals surface area contributed by atoms with Crippen molar-refractivity contribution >= 4 is 39.4 Å². The van der Waals surface area contributed by atoms with E-state index in [4.69, 9.17) is 5.73 Å². The van der Waals surface area contributed by atoms with Gasteiger partial charge in [-0.05, 0) is 57.1 Å². The van der Waals surface area contributed by atoms with Crippen LogP contribution in [0.15, 0.2) is 35.2 Å². The maximum atomic E-state index is 13.9. The minimum absolute atomic E-state index is 0.132. The van der Waals surface area contributed by atoms with Crippen molar-refractivity contribution in [1.82, 2.24) is 20.9 Å². The minimum atomic E-state index is -3.72. The first-order chi connectivity index (χ1) is 19.8. The van der Waals surface area contributed by atoms with Gasteiger partial charge in [-0.3, -0.25) is 19.2 Å². The Bertz CT molecular complexity index is 1290. The number of primary amides is 1. The molecule has 0 heterocycles. The molecule has 1 aromatic carbocycles. The fraction of sp³-hybridized carbons (Fsp3) is 0.633. The van der Waals surface area contributed by atoms with Crippen LogP contribution in [-0.2, 0) is 29.0 Å². The van der Waals surface area contributed by atoms with Gasteiger partial charge in [-0.15, -0.1) is 0 Å². The molecule has 0 saturated heterocycles. The van der Waals surface area contributed by atoms with Crippen LogP contribution in [0.5, 0.6) is 0 Å². The highest BCUT2D eigenvalue weighted by Gasteiger charge is 2.40. The summed E-state index contributed by atoms with van der Waals surface area (Å²) in [6.07, 6.45) is 2.58. The molecule has 3 atom stereocenters. The second-order valence-corrected chi connectivity index (χ2v) is 15.0. The second-order valence-electron chi connectivity index (χ2n) is 13.0. The fourth-order valence-corrected chi connectivity index (χ4v) is 6.53. The number of ketones is 1. The highest BCUT2D eigenvalue weighted by atomic mass is 32.2. The summed E-state index contributed by atoms with van der Waals surface area (Å²) in [6.45, 7) is 11.9. The molecule has 240 valence electrons. The van der Waals surface area contributed by atoms with Crippen molar-refractivity contribution < 1.29 is 32.4 Å². The van der Waals surface area contributed by atoms with Gasteiger partial charge in [0.05, 0.1) is 22.2 Å². The van der Waals surface area contributed by atoms with Gasteiger partial charge in [-0.2, -0.15) is 0 Å². The number of nitrogens with zero attached hydrogens (tertiary/aromatic N) is 1. The Labute approximate surface area is 254 Å². The number of benzene rings is 1. The molecule has 1 unspecified atom stereocenters. The Morgan fingerprint density at radius 1 is 1.00 bits per heavy atom. The number of carbonyl (C=O) groups is 5. The molecule has 0 radical (unpaired) electrons. The molecule has 0 aliphatic heterocycles. The summed E-state index contributed by atoms with van der Waals surface area (Å²) in [4.78, 5) is 65.8. The maximum absolute atomic E-state index is 13.9. The van der Waals surface area contributed by atoms with E-state index in [1.54, 1.807) is 52.8 Å². The van der Waals surface area contributed by atoms with Crippen LogP contribution in [0.1, 0.15) is 74.1 Å². The molecule has 1 fully saturated rings. The van der Waals surface area contributed by atoms with Gasteiger partial charge in [0, 0.05) is 6.54 Å². The number of nitrogens with one attached hydrogen (secondary N) is 3. The number of nitrogens with two attached hydrogens (primary N) is 1. The quantitative estimate of drug-likeness (QED) is 0.216. The molecular formula is C30H47N5O7S. The van der Waals surface area contributed by atoms with E-state index in [0.29, 0.717) is 12.8 Å². The Kier molecular flexibility index (Phi) is 11.9. The first-order valence-electron chi connectivity index (χ1n) is 14.6. The number of carbonyl (C=O) groups excluding carboxylic acids is 5. The fourth-order valence-electron chi connectivity index (χ4n) is 4.77. The average molecular weight is 622 g/mol.